The lowest BCUT2D eigenvalue weighted by Crippen LogP contribution is -2.57. The van der Waals surface area contributed by atoms with Gasteiger partial charge in [0, 0.05) is 23.5 Å². The molecule has 11 heteroatoms. The van der Waals surface area contributed by atoms with Crippen molar-refractivity contribution in [2.45, 2.75) is 64.2 Å². The van der Waals surface area contributed by atoms with Crippen molar-refractivity contribution < 1.29 is 29.4 Å². The van der Waals surface area contributed by atoms with Gasteiger partial charge in [0.1, 0.15) is 23.9 Å². The van der Waals surface area contributed by atoms with E-state index in [1.165, 1.54) is 19.1 Å². The van der Waals surface area contributed by atoms with E-state index in [1.807, 2.05) is 38.1 Å². The van der Waals surface area contributed by atoms with E-state index in [0.29, 0.717) is 0 Å². The summed E-state index contributed by atoms with van der Waals surface area (Å²) in [6.45, 7) is 5.13. The first kappa shape index (κ1) is 30.2. The molecule has 0 radical (unpaired) electrons. The van der Waals surface area contributed by atoms with Crippen molar-refractivity contribution in [3.8, 4) is 5.75 Å². The molecule has 0 spiro atoms. The second kappa shape index (κ2) is 13.6. The number of hydrogen-bond acceptors (Lipinski definition) is 6. The average Bonchev–Trinajstić information content (AvgIpc) is 3.31. The van der Waals surface area contributed by atoms with E-state index in [9.17, 15) is 29.4 Å². The number of carboxylic acid groups (broad SMARTS) is 1. The summed E-state index contributed by atoms with van der Waals surface area (Å²) < 4.78 is 0. The van der Waals surface area contributed by atoms with Crippen molar-refractivity contribution in [1.82, 2.24) is 20.9 Å². The topological polar surface area (TPSA) is 187 Å². The molecule has 0 aliphatic heterocycles. The van der Waals surface area contributed by atoms with Gasteiger partial charge >= 0.3 is 5.97 Å². The number of carbonyl (C=O) groups excluding carboxylic acids is 3. The largest absolute Gasteiger partial charge is 0.508 e. The number of carbonyl (C=O) groups is 4. The van der Waals surface area contributed by atoms with Gasteiger partial charge in [-0.2, -0.15) is 0 Å². The summed E-state index contributed by atoms with van der Waals surface area (Å²) in [6.07, 6.45) is 2.32. The number of nitrogens with one attached hydrogen (secondary N) is 4. The van der Waals surface area contributed by atoms with Crippen molar-refractivity contribution in [2.24, 2.45) is 11.7 Å². The molecule has 0 saturated heterocycles. The van der Waals surface area contributed by atoms with Crippen molar-refractivity contribution >= 4 is 34.6 Å². The number of carboxylic acids is 1. The van der Waals surface area contributed by atoms with Gasteiger partial charge in [-0.05, 0) is 55.0 Å². The highest BCUT2D eigenvalue weighted by Crippen LogP contribution is 2.19. The average molecular weight is 552 g/mol. The molecule has 0 aliphatic rings. The molecule has 8 N–H and O–H groups in total. The molecule has 0 bridgehead atoms. The number of phenols is 1. The number of aromatic hydroxyl groups is 1. The summed E-state index contributed by atoms with van der Waals surface area (Å²) in [6, 6.07) is 9.61. The number of nitrogens with two attached hydrogens (primary N) is 1. The van der Waals surface area contributed by atoms with Gasteiger partial charge in [0.2, 0.25) is 17.7 Å². The minimum absolute atomic E-state index is 0.0253. The summed E-state index contributed by atoms with van der Waals surface area (Å²) >= 11 is 0. The van der Waals surface area contributed by atoms with Crippen LogP contribution in [0.5, 0.6) is 5.75 Å². The molecule has 3 amide bonds. The maximum atomic E-state index is 13.5. The number of hydrogen-bond donors (Lipinski definition) is 7. The number of fused-ring (bicyclic) bond motifs is 1. The van der Waals surface area contributed by atoms with Crippen molar-refractivity contribution in [1.29, 1.82) is 0 Å². The Kier molecular flexibility index (Phi) is 10.3. The molecule has 4 unspecified atom stereocenters. The maximum Gasteiger partial charge on any atom is 0.325 e. The second-order valence-corrected chi connectivity index (χ2v) is 10.4. The summed E-state index contributed by atoms with van der Waals surface area (Å²) in [4.78, 5) is 54.0. The van der Waals surface area contributed by atoms with Crippen LogP contribution in [-0.2, 0) is 32.0 Å². The molecule has 0 fully saturated rings. The Hall–Kier alpha value is -4.38. The summed E-state index contributed by atoms with van der Waals surface area (Å²) in [5, 5.41) is 27.5. The first-order chi connectivity index (χ1) is 18.9. The first-order valence-electron chi connectivity index (χ1n) is 13.2. The zero-order chi connectivity index (χ0) is 29.4. The molecule has 3 aromatic rings. The normalized spacial score (nSPS) is 14.2. The molecular weight excluding hydrogens is 514 g/mol. The van der Waals surface area contributed by atoms with Crippen LogP contribution in [0.4, 0.5) is 0 Å². The van der Waals surface area contributed by atoms with Crippen LogP contribution in [-0.4, -0.2) is 63.1 Å². The van der Waals surface area contributed by atoms with Gasteiger partial charge in [0.15, 0.2) is 0 Å². The minimum atomic E-state index is -1.21. The van der Waals surface area contributed by atoms with Crippen LogP contribution in [0.25, 0.3) is 10.9 Å². The fraction of sp³-hybridized carbons (Fsp3) is 0.379. The van der Waals surface area contributed by atoms with Crippen LogP contribution in [0.1, 0.15) is 38.3 Å². The highest BCUT2D eigenvalue weighted by molar-refractivity contribution is 5.94. The van der Waals surface area contributed by atoms with Crippen LogP contribution in [0.2, 0.25) is 0 Å². The predicted molar refractivity (Wildman–Crippen MR) is 150 cm³/mol. The number of para-hydroxylation sites is 1. The third-order valence-corrected chi connectivity index (χ3v) is 6.53. The number of phenolic OH excluding ortho intramolecular Hbond substituents is 1. The smallest absolute Gasteiger partial charge is 0.325 e. The number of amides is 3. The Morgan fingerprint density at radius 1 is 0.850 bits per heavy atom. The number of rotatable bonds is 13. The monoisotopic (exact) mass is 551 g/mol. The molecular formula is C29H37N5O6. The molecule has 11 nitrogen and oxygen atoms in total. The van der Waals surface area contributed by atoms with Crippen LogP contribution >= 0.6 is 0 Å². The number of benzene rings is 2. The van der Waals surface area contributed by atoms with E-state index in [0.717, 1.165) is 22.0 Å². The number of aliphatic carboxylic acids is 1. The Bertz CT molecular complexity index is 1340. The molecule has 0 saturated carbocycles. The second-order valence-electron chi connectivity index (χ2n) is 10.4. The van der Waals surface area contributed by atoms with Gasteiger partial charge in [-0.1, -0.05) is 44.2 Å². The van der Waals surface area contributed by atoms with E-state index < -0.39 is 47.9 Å². The highest BCUT2D eigenvalue weighted by atomic mass is 16.4. The Morgan fingerprint density at radius 3 is 2.12 bits per heavy atom. The maximum absolute atomic E-state index is 13.5. The fourth-order valence-electron chi connectivity index (χ4n) is 4.34. The lowest BCUT2D eigenvalue weighted by molar-refractivity contribution is -0.141. The predicted octanol–water partition coefficient (Wildman–Crippen LogP) is 1.59. The summed E-state index contributed by atoms with van der Waals surface area (Å²) in [5.74, 6) is -2.87. The van der Waals surface area contributed by atoms with E-state index >= 15 is 0 Å². The van der Waals surface area contributed by atoms with Crippen molar-refractivity contribution in [3.63, 3.8) is 0 Å². The zero-order valence-electron chi connectivity index (χ0n) is 22.8. The quantitative estimate of drug-likeness (QED) is 0.168. The van der Waals surface area contributed by atoms with E-state index in [2.05, 4.69) is 20.9 Å². The van der Waals surface area contributed by atoms with Crippen LogP contribution in [0.3, 0.4) is 0 Å². The standard InChI is InChI=1S/C29H37N5O6/c1-16(2)12-24(33-26(36)22(30)13-18-8-10-20(35)11-9-18)28(38)34-25(27(37)32-17(3)29(39)40)14-19-15-31-23-7-5-4-6-21(19)23/h4-11,15-17,22,24-25,31,35H,12-14,30H2,1-3H3,(H,32,37)(H,33,36)(H,34,38)(H,39,40). The molecule has 4 atom stereocenters. The minimum Gasteiger partial charge on any atom is -0.508 e. The Balaban J connectivity index is 1.78. The van der Waals surface area contributed by atoms with Gasteiger partial charge < -0.3 is 36.9 Å². The zero-order valence-corrected chi connectivity index (χ0v) is 22.8. The Labute approximate surface area is 232 Å². The molecule has 1 aromatic heterocycles. The lowest BCUT2D eigenvalue weighted by atomic mass is 9.99. The van der Waals surface area contributed by atoms with Crippen molar-refractivity contribution in [3.05, 3.63) is 65.9 Å². The number of H-pyrrole nitrogens is 1. The third-order valence-electron chi connectivity index (χ3n) is 6.53. The highest BCUT2D eigenvalue weighted by Gasteiger charge is 2.30. The van der Waals surface area contributed by atoms with Gasteiger partial charge in [0.05, 0.1) is 6.04 Å². The Morgan fingerprint density at radius 2 is 1.48 bits per heavy atom. The molecule has 1 heterocycles. The summed E-state index contributed by atoms with van der Waals surface area (Å²) in [5.41, 5.74) is 8.48. The lowest BCUT2D eigenvalue weighted by Gasteiger charge is -2.25. The van der Waals surface area contributed by atoms with Gasteiger partial charge in [-0.3, -0.25) is 19.2 Å². The van der Waals surface area contributed by atoms with E-state index in [-0.39, 0.29) is 30.9 Å². The van der Waals surface area contributed by atoms with E-state index in [1.54, 1.807) is 18.3 Å². The van der Waals surface area contributed by atoms with Gasteiger partial charge in [0.25, 0.3) is 0 Å². The van der Waals surface area contributed by atoms with Crippen LogP contribution < -0.4 is 21.7 Å². The SMILES string of the molecule is CC(C)CC(NC(=O)C(N)Cc1ccc(O)cc1)C(=O)NC(Cc1c[nH]c2ccccc12)C(=O)NC(C)C(=O)O. The van der Waals surface area contributed by atoms with E-state index in [4.69, 9.17) is 5.73 Å². The molecule has 40 heavy (non-hydrogen) atoms. The molecule has 214 valence electrons. The molecule has 3 rings (SSSR count). The van der Waals surface area contributed by atoms with Crippen LogP contribution in [0.15, 0.2) is 54.7 Å². The first-order valence-corrected chi connectivity index (χ1v) is 13.2. The number of aromatic nitrogens is 1. The fourth-order valence-corrected chi connectivity index (χ4v) is 4.34. The molecule has 2 aromatic carbocycles. The van der Waals surface area contributed by atoms with Gasteiger partial charge in [-0.25, -0.2) is 0 Å². The third kappa shape index (κ3) is 8.31. The summed E-state index contributed by atoms with van der Waals surface area (Å²) in [7, 11) is 0. The molecule has 0 aliphatic carbocycles. The van der Waals surface area contributed by atoms with Crippen molar-refractivity contribution in [2.75, 3.05) is 0 Å². The van der Waals surface area contributed by atoms with Gasteiger partial charge in [-0.15, -0.1) is 0 Å². The number of aromatic amines is 1. The van der Waals surface area contributed by atoms with Crippen LogP contribution in [0, 0.1) is 5.92 Å².